The number of nitrogens with zero attached hydrogens (tertiary/aromatic N) is 5. The van der Waals surface area contributed by atoms with E-state index in [1.54, 1.807) is 0 Å². The van der Waals surface area contributed by atoms with Gasteiger partial charge in [0.25, 0.3) is 0 Å². The molecule has 0 aliphatic carbocycles. The van der Waals surface area contributed by atoms with Crippen molar-refractivity contribution in [3.63, 3.8) is 0 Å². The first kappa shape index (κ1) is 48.8. The maximum atomic E-state index is 4.00. The largest absolute Gasteiger partial charge is 4.00 e. The third-order valence-electron chi connectivity index (χ3n) is 12.8. The number of hydrogen-bond acceptors (Lipinski definition) is 5. The summed E-state index contributed by atoms with van der Waals surface area (Å²) in [6, 6.07) is 71.4. The fourth-order valence-corrected chi connectivity index (χ4v) is 9.34. The predicted molar refractivity (Wildman–Crippen MR) is 288 cm³/mol. The molecule has 6 nitrogen and oxygen atoms in total. The normalized spacial score (nSPS) is 12.4. The van der Waals surface area contributed by atoms with Crippen molar-refractivity contribution < 1.29 is 21.1 Å². The van der Waals surface area contributed by atoms with Crippen LogP contribution in [0.2, 0.25) is 0 Å². The van der Waals surface area contributed by atoms with E-state index in [9.17, 15) is 0 Å². The van der Waals surface area contributed by atoms with Gasteiger partial charge in [-0.05, 0) is 58.5 Å². The standard InChI is InChI=1S/C28H25N2.C25H23N2.C10H8N2.Pt/c1-20-13-18-25(30-19-29(3)26-11-7-8-12-27(26)30)21(2)28(20)24-16-14-23(15-17-24)22-9-5-4-6-10-22;1-4-23-16-26-17-27(23)24-15-10-18(2)25(19(24)3)22-13-11-21(12-14-22)20-8-6-5-7-9-20;1-8-7-10(12-11-8)9-5-3-2-4-6-9;/h4-17H,19H2,1-3H3;4-14,16,26H,1,17H2,2-3H3;2-5,7H,1H3;/q2*-1;-2;+4. The third-order valence-corrected chi connectivity index (χ3v) is 12.8. The van der Waals surface area contributed by atoms with E-state index in [4.69, 9.17) is 0 Å². The number of anilines is 4. The van der Waals surface area contributed by atoms with Crippen molar-refractivity contribution in [1.82, 2.24) is 15.5 Å². The minimum absolute atomic E-state index is 0. The van der Waals surface area contributed by atoms with Crippen LogP contribution in [0.25, 0.3) is 55.8 Å². The van der Waals surface area contributed by atoms with Gasteiger partial charge >= 0.3 is 21.1 Å². The summed E-state index contributed by atoms with van der Waals surface area (Å²) >= 11 is 0. The Morgan fingerprint density at radius 3 is 1.56 bits per heavy atom. The molecular formula is C63H56N6Pt. The first-order valence-electron chi connectivity index (χ1n) is 23.4. The molecule has 2 aliphatic rings. The summed E-state index contributed by atoms with van der Waals surface area (Å²) < 4.78 is 0. The maximum Gasteiger partial charge on any atom is 4.00 e. The van der Waals surface area contributed by atoms with Crippen LogP contribution in [0.4, 0.5) is 22.7 Å². The molecule has 0 radical (unpaired) electrons. The molecule has 348 valence electrons. The second kappa shape index (κ2) is 22.2. The maximum absolute atomic E-state index is 4.00. The Morgan fingerprint density at radius 1 is 0.571 bits per heavy atom. The van der Waals surface area contributed by atoms with E-state index in [2.05, 4.69) is 229 Å². The Kier molecular flexibility index (Phi) is 15.5. The number of hydrogen-bond donors (Lipinski definition) is 1. The number of aryl methyl sites for hydroxylation is 3. The average molecular weight is 1090 g/mol. The van der Waals surface area contributed by atoms with Crippen molar-refractivity contribution in [1.29, 1.82) is 0 Å². The van der Waals surface area contributed by atoms with Crippen molar-refractivity contribution >= 4 is 22.7 Å². The molecular weight excluding hydrogens is 1040 g/mol. The molecule has 7 heteroatoms. The Labute approximate surface area is 429 Å². The molecule has 0 amide bonds. The minimum atomic E-state index is 0. The van der Waals surface area contributed by atoms with Gasteiger partial charge in [-0.1, -0.05) is 173 Å². The first-order chi connectivity index (χ1) is 33.7. The second-order valence-corrected chi connectivity index (χ2v) is 17.5. The number of para-hydroxylation sites is 2. The molecule has 0 spiro atoms. The molecule has 3 heterocycles. The van der Waals surface area contributed by atoms with Crippen molar-refractivity contribution in [3.8, 4) is 55.8 Å². The van der Waals surface area contributed by atoms with Crippen LogP contribution in [0.5, 0.6) is 0 Å². The number of benzene rings is 8. The zero-order valence-corrected chi connectivity index (χ0v) is 42.8. The van der Waals surface area contributed by atoms with Crippen LogP contribution in [0.15, 0.2) is 200 Å². The molecule has 8 aromatic carbocycles. The van der Waals surface area contributed by atoms with Gasteiger partial charge in [0.1, 0.15) is 0 Å². The summed E-state index contributed by atoms with van der Waals surface area (Å²) in [4.78, 5) is 6.87. The molecule has 1 aromatic heterocycles. The molecule has 0 bridgehead atoms. The van der Waals surface area contributed by atoms with E-state index < -0.39 is 0 Å². The summed E-state index contributed by atoms with van der Waals surface area (Å²) in [7, 11) is 2.14. The predicted octanol–water partition coefficient (Wildman–Crippen LogP) is 14.6. The molecule has 0 saturated carbocycles. The number of fused-ring (bicyclic) bond motifs is 1. The zero-order valence-electron chi connectivity index (χ0n) is 40.6. The Balaban J connectivity index is 0.000000152. The van der Waals surface area contributed by atoms with Crippen LogP contribution in [-0.2, 0) is 21.1 Å². The van der Waals surface area contributed by atoms with Crippen molar-refractivity contribution in [3.05, 3.63) is 247 Å². The molecule has 0 atom stereocenters. The summed E-state index contributed by atoms with van der Waals surface area (Å²) in [5, 5.41) is 11.2. The van der Waals surface area contributed by atoms with Gasteiger partial charge in [-0.2, -0.15) is 41.0 Å². The van der Waals surface area contributed by atoms with E-state index in [1.165, 1.54) is 78.1 Å². The topological polar surface area (TPSA) is 48.7 Å². The van der Waals surface area contributed by atoms with E-state index >= 15 is 0 Å². The van der Waals surface area contributed by atoms with Crippen LogP contribution >= 0.6 is 0 Å². The summed E-state index contributed by atoms with van der Waals surface area (Å²) in [5.41, 5.74) is 23.7. The molecule has 1 N–H and O–H groups in total. The van der Waals surface area contributed by atoms with Crippen LogP contribution < -0.4 is 25.1 Å². The van der Waals surface area contributed by atoms with E-state index in [0.717, 1.165) is 47.4 Å². The number of allylic oxidation sites excluding steroid dienone is 1. The monoisotopic (exact) mass is 1090 g/mol. The van der Waals surface area contributed by atoms with Crippen LogP contribution in [-0.4, -0.2) is 25.5 Å². The minimum Gasteiger partial charge on any atom is -0.619 e. The van der Waals surface area contributed by atoms with Gasteiger partial charge in [-0.15, -0.1) is 52.6 Å². The van der Waals surface area contributed by atoms with Gasteiger partial charge in [-0.3, -0.25) is 0 Å². The first-order valence-corrected chi connectivity index (χ1v) is 23.4. The average Bonchev–Trinajstić information content (AvgIpc) is 4.14. The smallest absolute Gasteiger partial charge is 0.619 e. The molecule has 0 fully saturated rings. The van der Waals surface area contributed by atoms with E-state index in [0.29, 0.717) is 0 Å². The van der Waals surface area contributed by atoms with E-state index in [1.807, 2.05) is 55.6 Å². The number of rotatable bonds is 8. The molecule has 2 aliphatic heterocycles. The summed E-state index contributed by atoms with van der Waals surface area (Å²) in [6.07, 6.45) is 3.87. The number of nitrogens with one attached hydrogen (secondary N) is 1. The molecule has 0 saturated heterocycles. The number of aromatic nitrogens is 2. The Bertz CT molecular complexity index is 3210. The van der Waals surface area contributed by atoms with Gasteiger partial charge in [0.15, 0.2) is 0 Å². The van der Waals surface area contributed by atoms with Gasteiger partial charge in [-0.25, -0.2) is 5.69 Å². The van der Waals surface area contributed by atoms with Crippen LogP contribution in [0.1, 0.15) is 27.9 Å². The van der Waals surface area contributed by atoms with Gasteiger partial charge in [0.05, 0.1) is 30.4 Å². The molecule has 11 rings (SSSR count). The van der Waals surface area contributed by atoms with Crippen molar-refractivity contribution in [2.24, 2.45) is 0 Å². The van der Waals surface area contributed by atoms with E-state index in [-0.39, 0.29) is 21.1 Å². The zero-order chi connectivity index (χ0) is 47.9. The Morgan fingerprint density at radius 2 is 1.06 bits per heavy atom. The fourth-order valence-electron chi connectivity index (χ4n) is 9.34. The fraction of sp³-hybridized carbons (Fsp3) is 0.127. The van der Waals surface area contributed by atoms with Crippen LogP contribution in [0, 0.1) is 52.8 Å². The molecule has 70 heavy (non-hydrogen) atoms. The summed E-state index contributed by atoms with van der Waals surface area (Å²) in [6.45, 7) is 16.2. The molecule has 0 unspecified atom stereocenters. The van der Waals surface area contributed by atoms with Crippen molar-refractivity contribution in [2.45, 2.75) is 34.6 Å². The van der Waals surface area contributed by atoms with Crippen LogP contribution in [0.3, 0.4) is 0 Å². The second-order valence-electron chi connectivity index (χ2n) is 17.5. The Hall–Kier alpha value is -7.66. The SMILES string of the molecule is C=CC1=CNCN1c1[c-]cc(C)c(-c2ccc(-c3ccccc3)cc2)c1C.Cc1c[c-]c(N2CN(C)c3ccccc32)c(C)c1-c1ccc(-c2ccccc2)cc1.Cc1cc(-c2[c-]cccc2)[n-]n1.[Pt+4]. The summed E-state index contributed by atoms with van der Waals surface area (Å²) in [5.74, 6) is 0. The molecule has 9 aromatic rings. The third kappa shape index (κ3) is 10.5. The van der Waals surface area contributed by atoms with Crippen molar-refractivity contribution in [2.75, 3.05) is 35.1 Å². The van der Waals surface area contributed by atoms with Gasteiger partial charge in [0, 0.05) is 18.9 Å². The van der Waals surface area contributed by atoms with Gasteiger partial charge < -0.3 is 30.2 Å². The van der Waals surface area contributed by atoms with Gasteiger partial charge in [0.2, 0.25) is 0 Å². The quantitative estimate of drug-likeness (QED) is 0.153.